The van der Waals surface area contributed by atoms with E-state index in [1.807, 2.05) is 12.1 Å². The third-order valence-corrected chi connectivity index (χ3v) is 10.3. The number of hydrogen-bond acceptors (Lipinski definition) is 2. The molecule has 0 spiro atoms. The second-order valence-corrected chi connectivity index (χ2v) is 15.3. The van der Waals surface area contributed by atoms with E-state index in [0.717, 1.165) is 56.4 Å². The molecule has 0 amide bonds. The van der Waals surface area contributed by atoms with E-state index in [4.69, 9.17) is 11.6 Å². The standard InChI is InChI=1S/C52H43ClN2/c1-52(2,3)42-34-46(37-47(35-42)55(45-25-17-24-43(53)36-45)51-29-16-14-27-49(51)41-22-11-6-12-23-41)54(44-32-30-39(31-33-44)38-18-7-4-8-19-38)50-28-15-13-26-48(50)40-20-9-5-10-21-40/h4-37H,1-3H3. The zero-order valence-corrected chi connectivity index (χ0v) is 32.2. The van der Waals surface area contributed by atoms with Crippen LogP contribution in [0.5, 0.6) is 0 Å². The van der Waals surface area contributed by atoms with Gasteiger partial charge in [0.2, 0.25) is 0 Å². The molecule has 0 saturated carbocycles. The summed E-state index contributed by atoms with van der Waals surface area (Å²) in [6, 6.07) is 73.3. The summed E-state index contributed by atoms with van der Waals surface area (Å²) in [6.45, 7) is 6.86. The lowest BCUT2D eigenvalue weighted by Crippen LogP contribution is -2.18. The first-order valence-electron chi connectivity index (χ1n) is 18.8. The van der Waals surface area contributed by atoms with Gasteiger partial charge >= 0.3 is 0 Å². The van der Waals surface area contributed by atoms with Crippen molar-refractivity contribution in [1.82, 2.24) is 0 Å². The zero-order chi connectivity index (χ0) is 37.8. The van der Waals surface area contributed by atoms with Crippen LogP contribution in [0.25, 0.3) is 33.4 Å². The second-order valence-electron chi connectivity index (χ2n) is 14.8. The number of nitrogens with zero attached hydrogens (tertiary/aromatic N) is 2. The number of benzene rings is 8. The lowest BCUT2D eigenvalue weighted by molar-refractivity contribution is 0.590. The van der Waals surface area contributed by atoms with E-state index < -0.39 is 0 Å². The monoisotopic (exact) mass is 730 g/mol. The third kappa shape index (κ3) is 7.69. The predicted molar refractivity (Wildman–Crippen MR) is 236 cm³/mol. The van der Waals surface area contributed by atoms with Crippen molar-refractivity contribution in [1.29, 1.82) is 0 Å². The Morgan fingerprint density at radius 1 is 0.345 bits per heavy atom. The van der Waals surface area contributed by atoms with Gasteiger partial charge in [0.1, 0.15) is 0 Å². The van der Waals surface area contributed by atoms with Crippen LogP contribution in [0.1, 0.15) is 26.3 Å². The van der Waals surface area contributed by atoms with Gasteiger partial charge < -0.3 is 9.80 Å². The van der Waals surface area contributed by atoms with Crippen molar-refractivity contribution < 1.29 is 0 Å². The molecule has 0 aliphatic rings. The maximum absolute atomic E-state index is 6.76. The average molecular weight is 731 g/mol. The highest BCUT2D eigenvalue weighted by atomic mass is 35.5. The van der Waals surface area contributed by atoms with Crippen molar-refractivity contribution in [2.24, 2.45) is 0 Å². The minimum Gasteiger partial charge on any atom is -0.310 e. The molecule has 268 valence electrons. The van der Waals surface area contributed by atoms with Crippen LogP contribution in [0.4, 0.5) is 34.1 Å². The molecule has 0 atom stereocenters. The first-order chi connectivity index (χ1) is 26.8. The Balaban J connectivity index is 1.39. The predicted octanol–water partition coefficient (Wildman–Crippen LogP) is 15.6. The second kappa shape index (κ2) is 15.6. The Labute approximate surface area is 330 Å². The van der Waals surface area contributed by atoms with Crippen LogP contribution < -0.4 is 9.80 Å². The fourth-order valence-electron chi connectivity index (χ4n) is 7.25. The third-order valence-electron chi connectivity index (χ3n) is 10.0. The summed E-state index contributed by atoms with van der Waals surface area (Å²) in [7, 11) is 0. The molecule has 0 bridgehead atoms. The van der Waals surface area contributed by atoms with Crippen LogP contribution in [0.3, 0.4) is 0 Å². The maximum Gasteiger partial charge on any atom is 0.0540 e. The Morgan fingerprint density at radius 3 is 1.27 bits per heavy atom. The largest absolute Gasteiger partial charge is 0.310 e. The van der Waals surface area contributed by atoms with E-state index in [-0.39, 0.29) is 5.41 Å². The van der Waals surface area contributed by atoms with Crippen LogP contribution in [0, 0.1) is 0 Å². The average Bonchev–Trinajstić information content (AvgIpc) is 3.22. The van der Waals surface area contributed by atoms with Crippen molar-refractivity contribution in [3.05, 3.63) is 217 Å². The van der Waals surface area contributed by atoms with Gasteiger partial charge in [0.05, 0.1) is 11.4 Å². The van der Waals surface area contributed by atoms with Gasteiger partial charge in [0, 0.05) is 38.9 Å². The minimum atomic E-state index is -0.161. The molecule has 8 rings (SSSR count). The van der Waals surface area contributed by atoms with Crippen LogP contribution in [-0.2, 0) is 5.41 Å². The highest BCUT2D eigenvalue weighted by Crippen LogP contribution is 2.47. The fourth-order valence-corrected chi connectivity index (χ4v) is 7.44. The van der Waals surface area contributed by atoms with E-state index in [0.29, 0.717) is 5.02 Å². The summed E-state index contributed by atoms with van der Waals surface area (Å²) in [5.41, 5.74) is 14.3. The van der Waals surface area contributed by atoms with E-state index in [1.165, 1.54) is 16.7 Å². The molecule has 0 fully saturated rings. The van der Waals surface area contributed by atoms with Gasteiger partial charge in [0.25, 0.3) is 0 Å². The summed E-state index contributed by atoms with van der Waals surface area (Å²) in [4.78, 5) is 4.77. The molecule has 8 aromatic rings. The van der Waals surface area contributed by atoms with Crippen molar-refractivity contribution >= 4 is 45.7 Å². The van der Waals surface area contributed by atoms with Crippen molar-refractivity contribution in [3.63, 3.8) is 0 Å². The van der Waals surface area contributed by atoms with Gasteiger partial charge in [-0.3, -0.25) is 0 Å². The molecule has 0 heterocycles. The molecule has 55 heavy (non-hydrogen) atoms. The van der Waals surface area contributed by atoms with Crippen LogP contribution in [0.15, 0.2) is 206 Å². The van der Waals surface area contributed by atoms with E-state index >= 15 is 0 Å². The summed E-state index contributed by atoms with van der Waals surface area (Å²) >= 11 is 6.76. The fraction of sp³-hybridized carbons (Fsp3) is 0.0769. The highest BCUT2D eigenvalue weighted by molar-refractivity contribution is 6.30. The zero-order valence-electron chi connectivity index (χ0n) is 31.4. The molecule has 0 saturated heterocycles. The number of hydrogen-bond donors (Lipinski definition) is 0. The Hall–Kier alpha value is -6.35. The lowest BCUT2D eigenvalue weighted by atomic mass is 9.86. The minimum absolute atomic E-state index is 0.161. The maximum atomic E-state index is 6.76. The molecule has 0 aliphatic carbocycles. The van der Waals surface area contributed by atoms with E-state index in [9.17, 15) is 0 Å². The van der Waals surface area contributed by atoms with Gasteiger partial charge in [-0.2, -0.15) is 0 Å². The topological polar surface area (TPSA) is 6.48 Å². The number of anilines is 6. The Bertz CT molecular complexity index is 2520. The number of para-hydroxylation sites is 2. The molecule has 2 nitrogen and oxygen atoms in total. The van der Waals surface area contributed by atoms with E-state index in [1.54, 1.807) is 0 Å². The molecular weight excluding hydrogens is 688 g/mol. The summed E-state index contributed by atoms with van der Waals surface area (Å²) in [5, 5.41) is 0.684. The highest BCUT2D eigenvalue weighted by Gasteiger charge is 2.25. The molecule has 0 N–H and O–H groups in total. The van der Waals surface area contributed by atoms with Gasteiger partial charge in [-0.1, -0.05) is 178 Å². The first-order valence-corrected chi connectivity index (χ1v) is 19.2. The Kier molecular flexibility index (Phi) is 10.1. The van der Waals surface area contributed by atoms with Crippen LogP contribution in [0.2, 0.25) is 5.02 Å². The van der Waals surface area contributed by atoms with Crippen LogP contribution >= 0.6 is 11.6 Å². The van der Waals surface area contributed by atoms with Gasteiger partial charge in [-0.05, 0) is 93.9 Å². The molecule has 0 radical (unpaired) electrons. The lowest BCUT2D eigenvalue weighted by Gasteiger charge is -2.33. The van der Waals surface area contributed by atoms with Crippen molar-refractivity contribution in [2.45, 2.75) is 26.2 Å². The summed E-state index contributed by atoms with van der Waals surface area (Å²) in [5.74, 6) is 0. The first kappa shape index (κ1) is 35.7. The normalized spacial score (nSPS) is 11.3. The van der Waals surface area contributed by atoms with Crippen molar-refractivity contribution in [2.75, 3.05) is 9.80 Å². The molecule has 8 aromatic carbocycles. The van der Waals surface area contributed by atoms with E-state index in [2.05, 4.69) is 225 Å². The summed E-state index contributed by atoms with van der Waals surface area (Å²) < 4.78 is 0. The molecule has 3 heteroatoms. The number of rotatable bonds is 9. The molecule has 0 unspecified atom stereocenters. The smallest absolute Gasteiger partial charge is 0.0540 e. The number of halogens is 1. The van der Waals surface area contributed by atoms with Crippen molar-refractivity contribution in [3.8, 4) is 33.4 Å². The SMILES string of the molecule is CC(C)(C)c1cc(N(c2ccc(-c3ccccc3)cc2)c2ccccc2-c2ccccc2)cc(N(c2cccc(Cl)c2)c2ccccc2-c2ccccc2)c1. The quantitative estimate of drug-likeness (QED) is 0.146. The van der Waals surface area contributed by atoms with Gasteiger partial charge in [0.15, 0.2) is 0 Å². The van der Waals surface area contributed by atoms with Gasteiger partial charge in [-0.25, -0.2) is 0 Å². The molecule has 0 aromatic heterocycles. The molecule has 0 aliphatic heterocycles. The summed E-state index contributed by atoms with van der Waals surface area (Å²) in [6.07, 6.45) is 0. The van der Waals surface area contributed by atoms with Gasteiger partial charge in [-0.15, -0.1) is 0 Å². The Morgan fingerprint density at radius 2 is 0.782 bits per heavy atom. The molecular formula is C52H43ClN2. The van der Waals surface area contributed by atoms with Crippen LogP contribution in [-0.4, -0.2) is 0 Å².